The summed E-state index contributed by atoms with van der Waals surface area (Å²) in [6.07, 6.45) is 1.73. The van der Waals surface area contributed by atoms with Gasteiger partial charge in [-0.25, -0.2) is 4.79 Å². The zero-order valence-corrected chi connectivity index (χ0v) is 24.4. The van der Waals surface area contributed by atoms with Crippen molar-refractivity contribution in [3.63, 3.8) is 0 Å². The molecule has 224 valence electrons. The highest BCUT2D eigenvalue weighted by Crippen LogP contribution is 2.65. The van der Waals surface area contributed by atoms with Crippen molar-refractivity contribution in [2.24, 2.45) is 28.9 Å². The Balaban J connectivity index is 1.49. The number of ether oxygens (including phenoxy) is 1. The van der Waals surface area contributed by atoms with Gasteiger partial charge in [0.1, 0.15) is 17.7 Å². The molecule has 12 nitrogen and oxygen atoms in total. The summed E-state index contributed by atoms with van der Waals surface area (Å²) in [5.74, 6) is -1.71. The van der Waals surface area contributed by atoms with E-state index in [2.05, 4.69) is 34.8 Å². The van der Waals surface area contributed by atoms with Gasteiger partial charge in [-0.3, -0.25) is 24.2 Å². The molecule has 3 heterocycles. The Kier molecular flexibility index (Phi) is 8.60. The van der Waals surface area contributed by atoms with Crippen LogP contribution in [0.1, 0.15) is 59.6 Å². The SMILES string of the molecule is CC(C)(C)OC(=O)N[C@@H](Cc1ccccn1)C(=O)N1C[C@H]2[C@@H]([C@H]1CC(=O)N[C@@H](C[C@@H]1CCNC1=O)C(N)=O)C2(C)C. The van der Waals surface area contributed by atoms with Crippen molar-refractivity contribution in [3.8, 4) is 0 Å². The number of carbonyl (C=O) groups is 5. The second-order valence-corrected chi connectivity index (χ2v) is 13.0. The fourth-order valence-electron chi connectivity index (χ4n) is 6.35. The number of amides is 5. The number of nitrogens with zero attached hydrogens (tertiary/aromatic N) is 2. The zero-order valence-electron chi connectivity index (χ0n) is 24.4. The highest BCUT2D eigenvalue weighted by molar-refractivity contribution is 5.90. The number of alkyl carbamates (subject to hydrolysis) is 1. The van der Waals surface area contributed by atoms with E-state index in [-0.39, 0.29) is 48.3 Å². The first-order chi connectivity index (χ1) is 19.2. The molecule has 41 heavy (non-hydrogen) atoms. The number of fused-ring (bicyclic) bond motifs is 1. The number of piperidine rings is 1. The normalized spacial score (nSPS) is 25.9. The fraction of sp³-hybridized carbons (Fsp3) is 0.655. The number of likely N-dealkylation sites (tertiary alicyclic amines) is 1. The van der Waals surface area contributed by atoms with Crippen LogP contribution in [0.25, 0.3) is 0 Å². The third-order valence-corrected chi connectivity index (χ3v) is 8.52. The Bertz CT molecular complexity index is 1180. The van der Waals surface area contributed by atoms with Crippen LogP contribution < -0.4 is 21.7 Å². The Morgan fingerprint density at radius 2 is 1.93 bits per heavy atom. The minimum absolute atomic E-state index is 0.0281. The lowest BCUT2D eigenvalue weighted by Gasteiger charge is -2.34. The molecule has 1 aliphatic carbocycles. The van der Waals surface area contributed by atoms with E-state index in [0.29, 0.717) is 25.2 Å². The van der Waals surface area contributed by atoms with Crippen LogP contribution in [0.5, 0.6) is 0 Å². The highest BCUT2D eigenvalue weighted by atomic mass is 16.6. The maximum absolute atomic E-state index is 14.0. The van der Waals surface area contributed by atoms with Crippen molar-refractivity contribution < 1.29 is 28.7 Å². The summed E-state index contributed by atoms with van der Waals surface area (Å²) in [5, 5.41) is 8.16. The molecule has 0 bridgehead atoms. The molecule has 0 radical (unpaired) electrons. The number of nitrogens with two attached hydrogens (primary N) is 1. The molecule has 3 fully saturated rings. The van der Waals surface area contributed by atoms with E-state index in [4.69, 9.17) is 10.5 Å². The van der Waals surface area contributed by atoms with Gasteiger partial charge in [0.15, 0.2) is 0 Å². The summed E-state index contributed by atoms with van der Waals surface area (Å²) in [4.78, 5) is 70.1. The van der Waals surface area contributed by atoms with Gasteiger partial charge in [0.25, 0.3) is 0 Å². The number of carbonyl (C=O) groups excluding carboxylic acids is 5. The first kappa shape index (κ1) is 30.3. The maximum Gasteiger partial charge on any atom is 0.408 e. The molecule has 12 heteroatoms. The van der Waals surface area contributed by atoms with Crippen LogP contribution in [0, 0.1) is 23.2 Å². The van der Waals surface area contributed by atoms with Gasteiger partial charge in [0, 0.05) is 49.8 Å². The van der Waals surface area contributed by atoms with Crippen molar-refractivity contribution in [2.45, 2.75) is 84.0 Å². The summed E-state index contributed by atoms with van der Waals surface area (Å²) in [7, 11) is 0. The van der Waals surface area contributed by atoms with E-state index in [0.717, 1.165) is 0 Å². The number of primary amides is 1. The monoisotopic (exact) mass is 570 g/mol. The molecule has 0 spiro atoms. The maximum atomic E-state index is 14.0. The number of rotatable bonds is 10. The quantitative estimate of drug-likeness (QED) is 0.323. The topological polar surface area (TPSA) is 173 Å². The van der Waals surface area contributed by atoms with E-state index >= 15 is 0 Å². The van der Waals surface area contributed by atoms with Crippen LogP contribution in [0.15, 0.2) is 24.4 Å². The Labute approximate surface area is 240 Å². The molecule has 1 aromatic rings. The van der Waals surface area contributed by atoms with Crippen molar-refractivity contribution in [1.82, 2.24) is 25.8 Å². The third-order valence-electron chi connectivity index (χ3n) is 8.52. The molecule has 2 saturated heterocycles. The van der Waals surface area contributed by atoms with Gasteiger partial charge in [-0.1, -0.05) is 19.9 Å². The summed E-state index contributed by atoms with van der Waals surface area (Å²) < 4.78 is 5.42. The van der Waals surface area contributed by atoms with E-state index in [1.54, 1.807) is 44.0 Å². The summed E-state index contributed by atoms with van der Waals surface area (Å²) >= 11 is 0. The second kappa shape index (κ2) is 11.7. The molecule has 4 rings (SSSR count). The lowest BCUT2D eigenvalue weighted by Crippen LogP contribution is -2.54. The average Bonchev–Trinajstić information content (AvgIpc) is 3.17. The minimum atomic E-state index is -0.990. The first-order valence-corrected chi connectivity index (χ1v) is 14.2. The summed E-state index contributed by atoms with van der Waals surface area (Å²) in [6, 6.07) is 2.98. The van der Waals surface area contributed by atoms with E-state index in [1.165, 1.54) is 0 Å². The third kappa shape index (κ3) is 7.15. The first-order valence-electron chi connectivity index (χ1n) is 14.2. The standard InChI is InChI=1S/C29H42N6O6/c1-28(2,3)41-27(40)34-20(13-17-8-6-7-10-31-17)26(39)35-15-18-23(29(18,4)5)21(35)14-22(36)33-19(24(30)37)12-16-9-11-32-25(16)38/h6-8,10,16,18-21,23H,9,11-15H2,1-5H3,(H2,30,37)(H,32,38)(H,33,36)(H,34,40)/t16-,18-,19-,20-,21+,23-/m0/s1. The zero-order chi connectivity index (χ0) is 30.1. The van der Waals surface area contributed by atoms with Gasteiger partial charge in [0.05, 0.1) is 0 Å². The van der Waals surface area contributed by atoms with Crippen LogP contribution in [-0.4, -0.2) is 76.4 Å². The van der Waals surface area contributed by atoms with E-state index < -0.39 is 47.6 Å². The molecule has 5 N–H and O–H groups in total. The van der Waals surface area contributed by atoms with Crippen LogP contribution >= 0.6 is 0 Å². The minimum Gasteiger partial charge on any atom is -0.444 e. The van der Waals surface area contributed by atoms with Crippen LogP contribution in [-0.2, 0) is 30.3 Å². The second-order valence-electron chi connectivity index (χ2n) is 13.0. The van der Waals surface area contributed by atoms with Crippen molar-refractivity contribution in [1.29, 1.82) is 0 Å². The fourth-order valence-corrected chi connectivity index (χ4v) is 6.35. The highest BCUT2D eigenvalue weighted by Gasteiger charge is 2.67. The lowest BCUT2D eigenvalue weighted by atomic mass is 9.96. The molecule has 1 saturated carbocycles. The predicted octanol–water partition coefficient (Wildman–Crippen LogP) is 0.887. The molecule has 2 aliphatic heterocycles. The van der Waals surface area contributed by atoms with Crippen molar-refractivity contribution in [2.75, 3.05) is 13.1 Å². The lowest BCUT2D eigenvalue weighted by molar-refractivity contribution is -0.137. The molecular formula is C29H42N6O6. The van der Waals surface area contributed by atoms with Gasteiger partial charge in [-0.2, -0.15) is 0 Å². The summed E-state index contributed by atoms with van der Waals surface area (Å²) in [6.45, 7) is 10.4. The van der Waals surface area contributed by atoms with Gasteiger partial charge in [-0.05, 0) is 63.0 Å². The smallest absolute Gasteiger partial charge is 0.408 e. The van der Waals surface area contributed by atoms with Crippen molar-refractivity contribution >= 4 is 29.7 Å². The molecule has 5 amide bonds. The van der Waals surface area contributed by atoms with Gasteiger partial charge in [0.2, 0.25) is 23.6 Å². The number of hydrogen-bond acceptors (Lipinski definition) is 7. The van der Waals surface area contributed by atoms with Gasteiger partial charge < -0.3 is 31.3 Å². The van der Waals surface area contributed by atoms with Crippen LogP contribution in [0.3, 0.4) is 0 Å². The average molecular weight is 571 g/mol. The van der Waals surface area contributed by atoms with Crippen LogP contribution in [0.2, 0.25) is 0 Å². The van der Waals surface area contributed by atoms with Gasteiger partial charge >= 0.3 is 6.09 Å². The molecule has 0 unspecified atom stereocenters. The number of aromatic nitrogens is 1. The summed E-state index contributed by atoms with van der Waals surface area (Å²) in [5.41, 5.74) is 5.39. The van der Waals surface area contributed by atoms with Gasteiger partial charge in [-0.15, -0.1) is 0 Å². The predicted molar refractivity (Wildman–Crippen MR) is 149 cm³/mol. The van der Waals surface area contributed by atoms with Crippen LogP contribution in [0.4, 0.5) is 4.79 Å². The molecule has 1 aromatic heterocycles. The van der Waals surface area contributed by atoms with E-state index in [9.17, 15) is 24.0 Å². The Hall–Kier alpha value is -3.70. The molecule has 0 aromatic carbocycles. The molecular weight excluding hydrogens is 528 g/mol. The number of hydrogen-bond donors (Lipinski definition) is 4. The molecule has 3 aliphatic rings. The Morgan fingerprint density at radius 1 is 1.20 bits per heavy atom. The van der Waals surface area contributed by atoms with Crippen molar-refractivity contribution in [3.05, 3.63) is 30.1 Å². The molecule has 6 atom stereocenters. The number of pyridine rings is 1. The number of nitrogens with one attached hydrogen (secondary N) is 3. The van der Waals surface area contributed by atoms with E-state index in [1.807, 2.05) is 6.07 Å². The Morgan fingerprint density at radius 3 is 2.51 bits per heavy atom. The largest absolute Gasteiger partial charge is 0.444 e.